The summed E-state index contributed by atoms with van der Waals surface area (Å²) < 4.78 is 130. The first kappa shape index (κ1) is 20.6. The molecule has 3 rings (SSSR count). The lowest BCUT2D eigenvalue weighted by Gasteiger charge is -2.16. The molecule has 0 bridgehead atoms. The molecule has 1 atom stereocenters. The maximum absolute atomic E-state index is 13.9. The van der Waals surface area contributed by atoms with Crippen molar-refractivity contribution in [1.82, 2.24) is 4.57 Å². The van der Waals surface area contributed by atoms with Crippen LogP contribution in [0.3, 0.4) is 0 Å². The molecule has 154 valence electrons. The van der Waals surface area contributed by atoms with E-state index in [1.165, 1.54) is 0 Å². The van der Waals surface area contributed by atoms with Crippen LogP contribution in [0.25, 0.3) is 5.69 Å². The van der Waals surface area contributed by atoms with E-state index in [-0.39, 0.29) is 0 Å². The molecule has 0 saturated carbocycles. The van der Waals surface area contributed by atoms with Crippen molar-refractivity contribution in [3.05, 3.63) is 47.0 Å². The first-order valence-electron chi connectivity index (χ1n) is 7.38. The molecule has 4 nitrogen and oxygen atoms in total. The van der Waals surface area contributed by atoms with E-state index in [1.54, 1.807) is 0 Å². The highest BCUT2D eigenvalue weighted by Crippen LogP contribution is 2.49. The van der Waals surface area contributed by atoms with Crippen LogP contribution in [0, 0.1) is 5.82 Å². The number of rotatable bonds is 3. The van der Waals surface area contributed by atoms with Crippen molar-refractivity contribution in [2.45, 2.75) is 35.3 Å². The van der Waals surface area contributed by atoms with Crippen molar-refractivity contribution >= 4 is 9.84 Å². The minimum absolute atomic E-state index is 0.300. The average Bonchev–Trinajstić information content (AvgIpc) is 3.02. The molecule has 1 aromatic carbocycles. The van der Waals surface area contributed by atoms with Gasteiger partial charge < -0.3 is 9.67 Å². The number of aromatic nitrogens is 1. The molecule has 0 aliphatic heterocycles. The van der Waals surface area contributed by atoms with Crippen LogP contribution < -0.4 is 0 Å². The van der Waals surface area contributed by atoms with Gasteiger partial charge in [-0.3, -0.25) is 0 Å². The minimum Gasteiger partial charge on any atom is -0.382 e. The standard InChI is InChI=1S/C15H9F8NO3S/c16-8-2-1-6(3-7(8)13(17)18)24-5-10(28(26,27)15(21,22)23)11-9(24)4-14(19,20)12(11)25/h1-3,5,12-13,25H,4H2/t12-/m0/s1. The molecule has 13 heteroatoms. The number of sulfone groups is 1. The van der Waals surface area contributed by atoms with Gasteiger partial charge >= 0.3 is 5.51 Å². The summed E-state index contributed by atoms with van der Waals surface area (Å²) in [6, 6.07) is 1.83. The lowest BCUT2D eigenvalue weighted by molar-refractivity contribution is -0.0983. The number of nitrogens with zero attached hydrogens (tertiary/aromatic N) is 1. The number of hydrogen-bond acceptors (Lipinski definition) is 3. The number of fused-ring (bicyclic) bond motifs is 1. The van der Waals surface area contributed by atoms with Crippen molar-refractivity contribution in [1.29, 1.82) is 0 Å². The monoisotopic (exact) mass is 435 g/mol. The van der Waals surface area contributed by atoms with Crippen LogP contribution in [-0.2, 0) is 16.3 Å². The maximum atomic E-state index is 13.9. The molecule has 0 spiro atoms. The molecular weight excluding hydrogens is 426 g/mol. The Labute approximate surface area is 151 Å². The summed E-state index contributed by atoms with van der Waals surface area (Å²) in [4.78, 5) is -1.62. The van der Waals surface area contributed by atoms with Crippen LogP contribution >= 0.6 is 0 Å². The number of alkyl halides is 7. The van der Waals surface area contributed by atoms with Crippen molar-refractivity contribution < 1.29 is 48.6 Å². The van der Waals surface area contributed by atoms with E-state index in [9.17, 15) is 48.6 Å². The van der Waals surface area contributed by atoms with E-state index in [4.69, 9.17) is 0 Å². The molecule has 0 radical (unpaired) electrons. The molecule has 1 N–H and O–H groups in total. The number of aliphatic hydroxyl groups is 1. The third kappa shape index (κ3) is 2.96. The third-order valence-electron chi connectivity index (χ3n) is 4.28. The molecule has 1 aliphatic carbocycles. The quantitative estimate of drug-likeness (QED) is 0.740. The lowest BCUT2D eigenvalue weighted by atomic mass is 10.2. The fourth-order valence-corrected chi connectivity index (χ4v) is 3.97. The first-order chi connectivity index (χ1) is 12.7. The number of halogens is 8. The van der Waals surface area contributed by atoms with E-state index in [2.05, 4.69) is 0 Å². The van der Waals surface area contributed by atoms with Crippen molar-refractivity contribution in [2.75, 3.05) is 0 Å². The topological polar surface area (TPSA) is 59.3 Å². The highest BCUT2D eigenvalue weighted by molar-refractivity contribution is 7.92. The van der Waals surface area contributed by atoms with Crippen molar-refractivity contribution in [3.63, 3.8) is 0 Å². The summed E-state index contributed by atoms with van der Waals surface area (Å²) in [7, 11) is -6.14. The van der Waals surface area contributed by atoms with Crippen LogP contribution in [0.5, 0.6) is 0 Å². The zero-order chi connectivity index (χ0) is 21.2. The minimum atomic E-state index is -6.14. The zero-order valence-electron chi connectivity index (χ0n) is 13.3. The van der Waals surface area contributed by atoms with Gasteiger partial charge in [0.15, 0.2) is 0 Å². The van der Waals surface area contributed by atoms with Gasteiger partial charge in [0.05, 0.1) is 12.0 Å². The SMILES string of the molecule is O=S(=O)(c1cn(-c2ccc(F)c(C(F)F)c2)c2c1[C@H](O)C(F)(F)C2)C(F)(F)F. The number of benzene rings is 1. The smallest absolute Gasteiger partial charge is 0.382 e. The first-order valence-corrected chi connectivity index (χ1v) is 8.86. The molecule has 1 heterocycles. The largest absolute Gasteiger partial charge is 0.501 e. The summed E-state index contributed by atoms with van der Waals surface area (Å²) in [6.45, 7) is 0. The van der Waals surface area contributed by atoms with E-state index >= 15 is 0 Å². The normalized spacial score (nSPS) is 19.3. The van der Waals surface area contributed by atoms with E-state index in [0.717, 1.165) is 6.07 Å². The van der Waals surface area contributed by atoms with Crippen LogP contribution in [0.4, 0.5) is 35.1 Å². The molecule has 2 aromatic rings. The molecular formula is C15H9F8NO3S. The van der Waals surface area contributed by atoms with E-state index in [1.807, 2.05) is 0 Å². The summed E-state index contributed by atoms with van der Waals surface area (Å²) in [5.74, 6) is -5.34. The van der Waals surface area contributed by atoms with Gasteiger partial charge in [0.25, 0.3) is 22.2 Å². The van der Waals surface area contributed by atoms with Crippen LogP contribution in [-0.4, -0.2) is 29.5 Å². The molecule has 0 amide bonds. The van der Waals surface area contributed by atoms with Crippen LogP contribution in [0.1, 0.15) is 29.4 Å². The van der Waals surface area contributed by atoms with Gasteiger partial charge in [0.2, 0.25) is 0 Å². The van der Waals surface area contributed by atoms with Crippen molar-refractivity contribution in [2.24, 2.45) is 0 Å². The average molecular weight is 435 g/mol. The Morgan fingerprint density at radius 2 is 1.82 bits per heavy atom. The molecule has 1 aliphatic rings. The second kappa shape index (κ2) is 6.17. The maximum Gasteiger partial charge on any atom is 0.501 e. The summed E-state index contributed by atoms with van der Waals surface area (Å²) in [5.41, 5.74) is -9.38. The Bertz CT molecular complexity index is 1040. The molecule has 0 fully saturated rings. The molecule has 0 saturated heterocycles. The highest BCUT2D eigenvalue weighted by atomic mass is 32.2. The highest BCUT2D eigenvalue weighted by Gasteiger charge is 2.56. The van der Waals surface area contributed by atoms with Crippen molar-refractivity contribution in [3.8, 4) is 5.69 Å². The number of hydrogen-bond donors (Lipinski definition) is 1. The predicted molar refractivity (Wildman–Crippen MR) is 77.5 cm³/mol. The predicted octanol–water partition coefficient (Wildman–Crippen LogP) is 4.07. The Kier molecular flexibility index (Phi) is 4.54. The molecule has 28 heavy (non-hydrogen) atoms. The second-order valence-corrected chi connectivity index (χ2v) is 7.93. The van der Waals surface area contributed by atoms with Gasteiger partial charge in [-0.1, -0.05) is 0 Å². The summed E-state index contributed by atoms with van der Waals surface area (Å²) in [6.07, 6.45) is -7.23. The van der Waals surface area contributed by atoms with Crippen LogP contribution in [0.15, 0.2) is 29.3 Å². The summed E-state index contributed by atoms with van der Waals surface area (Å²) >= 11 is 0. The fourth-order valence-electron chi connectivity index (χ4n) is 2.96. The van der Waals surface area contributed by atoms with Gasteiger partial charge in [-0.15, -0.1) is 0 Å². The van der Waals surface area contributed by atoms with Crippen LogP contribution in [0.2, 0.25) is 0 Å². The lowest BCUT2D eigenvalue weighted by Crippen LogP contribution is -2.27. The summed E-state index contributed by atoms with van der Waals surface area (Å²) in [5, 5.41) is 9.69. The Balaban J connectivity index is 2.31. The van der Waals surface area contributed by atoms with Gasteiger partial charge in [-0.2, -0.15) is 13.2 Å². The Hall–Kier alpha value is -2.15. The van der Waals surface area contributed by atoms with E-state index in [0.29, 0.717) is 22.9 Å². The van der Waals surface area contributed by atoms with E-state index < -0.39 is 73.4 Å². The zero-order valence-corrected chi connectivity index (χ0v) is 14.1. The molecule has 0 unspecified atom stereocenters. The number of aliphatic hydroxyl groups excluding tert-OH is 1. The van der Waals surface area contributed by atoms with Gasteiger partial charge in [-0.25, -0.2) is 30.4 Å². The third-order valence-corrected chi connectivity index (χ3v) is 5.79. The Morgan fingerprint density at radius 1 is 1.21 bits per heavy atom. The van der Waals surface area contributed by atoms with Gasteiger partial charge in [0, 0.05) is 23.1 Å². The molecule has 1 aromatic heterocycles. The van der Waals surface area contributed by atoms with Gasteiger partial charge in [0.1, 0.15) is 16.8 Å². The van der Waals surface area contributed by atoms with Gasteiger partial charge in [-0.05, 0) is 18.2 Å². The Morgan fingerprint density at radius 3 is 2.36 bits per heavy atom. The second-order valence-electron chi connectivity index (χ2n) is 6.02. The fraction of sp³-hybridized carbons (Fsp3) is 0.333.